The van der Waals surface area contributed by atoms with Crippen LogP contribution >= 0.6 is 34.9 Å². The van der Waals surface area contributed by atoms with Gasteiger partial charge in [-0.05, 0) is 31.0 Å². The zero-order chi connectivity index (χ0) is 29.1. The summed E-state index contributed by atoms with van der Waals surface area (Å²) in [6.45, 7) is 3.89. The van der Waals surface area contributed by atoms with Crippen LogP contribution in [0.15, 0.2) is 68.8 Å². The number of benzene rings is 1. The molecule has 12 nitrogen and oxygen atoms in total. The fourth-order valence-electron chi connectivity index (χ4n) is 4.30. The lowest BCUT2D eigenvalue weighted by molar-refractivity contribution is -0.150. The largest absolute Gasteiger partial charge is 0.477 e. The number of β-lactam (4-membered cyclic amide) rings is 1. The summed E-state index contributed by atoms with van der Waals surface area (Å²) in [5.41, 5.74) is 6.62. The molecule has 0 unspecified atom stereocenters. The summed E-state index contributed by atoms with van der Waals surface area (Å²) < 4.78 is 1.71. The topological polar surface area (TPSA) is 165 Å². The Kier molecular flexibility index (Phi) is 8.65. The van der Waals surface area contributed by atoms with Crippen molar-refractivity contribution >= 4 is 63.5 Å². The number of nitrogens with two attached hydrogens (primary N) is 1. The fourth-order valence-corrected chi connectivity index (χ4v) is 7.39. The van der Waals surface area contributed by atoms with Crippen LogP contribution in [0.25, 0.3) is 5.69 Å². The number of hydrogen-bond acceptors (Lipinski definition) is 11. The molecule has 3 aromatic rings. The summed E-state index contributed by atoms with van der Waals surface area (Å²) in [6.07, 6.45) is 2.83. The van der Waals surface area contributed by atoms with Gasteiger partial charge in [0.2, 0.25) is 0 Å². The number of carbonyl (C=O) groups excluding carboxylic acids is 2. The Balaban J connectivity index is 1.35. The molecule has 41 heavy (non-hydrogen) atoms. The van der Waals surface area contributed by atoms with Gasteiger partial charge in [-0.1, -0.05) is 49.0 Å². The molecule has 2 aromatic heterocycles. The molecule has 0 bridgehead atoms. The van der Waals surface area contributed by atoms with E-state index in [1.165, 1.54) is 28.4 Å². The van der Waals surface area contributed by atoms with Gasteiger partial charge < -0.3 is 21.0 Å². The van der Waals surface area contributed by atoms with Crippen LogP contribution in [0.5, 0.6) is 0 Å². The van der Waals surface area contributed by atoms with E-state index in [-0.39, 0.29) is 28.3 Å². The molecule has 0 radical (unpaired) electrons. The zero-order valence-electron chi connectivity index (χ0n) is 22.1. The highest BCUT2D eigenvalue weighted by Crippen LogP contribution is 2.45. The number of nitrogens with zero attached hydrogens (tertiary/aromatic N) is 5. The summed E-state index contributed by atoms with van der Waals surface area (Å²) in [5, 5.41) is 23.2. The van der Waals surface area contributed by atoms with Crippen LogP contribution in [0, 0.1) is 0 Å². The number of hydrogen-bond donors (Lipinski definition) is 3. The summed E-state index contributed by atoms with van der Waals surface area (Å²) >= 11 is 3.77. The molecule has 2 amide bonds. The van der Waals surface area contributed by atoms with E-state index in [0.717, 1.165) is 17.0 Å². The van der Waals surface area contributed by atoms with E-state index >= 15 is 0 Å². The second kappa shape index (κ2) is 12.4. The smallest absolute Gasteiger partial charge is 0.353 e. The lowest BCUT2D eigenvalue weighted by atomic mass is 10.0. The molecule has 2 aliphatic heterocycles. The Morgan fingerprint density at radius 2 is 2.02 bits per heavy atom. The number of amides is 2. The third-order valence-electron chi connectivity index (χ3n) is 6.44. The molecule has 1 fully saturated rings. The van der Waals surface area contributed by atoms with Crippen molar-refractivity contribution in [3.05, 3.63) is 64.3 Å². The molecule has 214 valence electrons. The van der Waals surface area contributed by atoms with Gasteiger partial charge >= 0.3 is 5.97 Å². The average Bonchev–Trinajstić information content (AvgIpc) is 3.62. The lowest BCUT2D eigenvalue weighted by Crippen LogP contribution is -2.71. The molecule has 2 aliphatic rings. The first kappa shape index (κ1) is 28.7. The van der Waals surface area contributed by atoms with E-state index in [4.69, 9.17) is 10.6 Å². The summed E-state index contributed by atoms with van der Waals surface area (Å²) in [5.74, 6) is -2.08. The Hall–Kier alpha value is -3.82. The van der Waals surface area contributed by atoms with E-state index in [0.29, 0.717) is 28.5 Å². The van der Waals surface area contributed by atoms with Gasteiger partial charge in [-0.15, -0.1) is 23.1 Å². The summed E-state index contributed by atoms with van der Waals surface area (Å²) in [7, 11) is 0. The highest BCUT2D eigenvalue weighted by molar-refractivity contribution is 8.06. The Bertz CT molecular complexity index is 1520. The number of carboxylic acid groups (broad SMARTS) is 1. The second-order valence-electron chi connectivity index (χ2n) is 9.01. The molecular weight excluding hydrogens is 587 g/mol. The molecule has 4 N–H and O–H groups in total. The molecule has 1 saturated heterocycles. The number of carboxylic acids is 1. The van der Waals surface area contributed by atoms with Crippen molar-refractivity contribution in [1.82, 2.24) is 25.0 Å². The average molecular weight is 614 g/mol. The normalized spacial score (nSPS) is 18.8. The number of nitrogens with one attached hydrogen (secondary N) is 1. The SMILES string of the molecule is CCC(CC)O/N=C(/C(=O)N[C@@H]1C(=O)N2C(C(=O)O)=C(Sc3ccnn3-c3ccccc3)CS[C@H]12)c1csc(N)n1. The first-order valence-corrected chi connectivity index (χ1v) is 15.5. The van der Waals surface area contributed by atoms with Gasteiger partial charge in [0.15, 0.2) is 10.8 Å². The second-order valence-corrected chi connectivity index (χ2v) is 12.1. The highest BCUT2D eigenvalue weighted by atomic mass is 32.2. The van der Waals surface area contributed by atoms with Crippen LogP contribution < -0.4 is 11.1 Å². The van der Waals surface area contributed by atoms with Crippen molar-refractivity contribution in [1.29, 1.82) is 0 Å². The van der Waals surface area contributed by atoms with Crippen molar-refractivity contribution in [2.45, 2.75) is 49.2 Å². The molecule has 0 aliphatic carbocycles. The van der Waals surface area contributed by atoms with Crippen LogP contribution in [0.2, 0.25) is 0 Å². The van der Waals surface area contributed by atoms with Gasteiger partial charge in [-0.3, -0.25) is 14.5 Å². The van der Waals surface area contributed by atoms with Crippen molar-refractivity contribution in [2.75, 3.05) is 11.5 Å². The third kappa shape index (κ3) is 5.83. The van der Waals surface area contributed by atoms with E-state index < -0.39 is 29.2 Å². The number of carbonyl (C=O) groups is 3. The molecule has 1 aromatic carbocycles. The minimum absolute atomic E-state index is 0.101. The molecule has 2 atom stereocenters. The maximum atomic E-state index is 13.3. The number of aromatic nitrogens is 3. The third-order valence-corrected chi connectivity index (χ3v) is 9.68. The van der Waals surface area contributed by atoms with Gasteiger partial charge in [-0.25, -0.2) is 14.5 Å². The first-order valence-electron chi connectivity index (χ1n) is 12.8. The van der Waals surface area contributed by atoms with Crippen molar-refractivity contribution in [3.63, 3.8) is 0 Å². The van der Waals surface area contributed by atoms with E-state index in [1.54, 1.807) is 22.3 Å². The number of para-hydroxylation sites is 1. The number of oxime groups is 1. The maximum absolute atomic E-state index is 13.3. The number of nitrogen functional groups attached to an aromatic ring is 1. The van der Waals surface area contributed by atoms with E-state index in [9.17, 15) is 19.5 Å². The van der Waals surface area contributed by atoms with E-state index in [1.807, 2.05) is 44.2 Å². The molecule has 4 heterocycles. The zero-order valence-corrected chi connectivity index (χ0v) is 24.5. The van der Waals surface area contributed by atoms with Crippen LogP contribution in [0.4, 0.5) is 5.13 Å². The van der Waals surface area contributed by atoms with Gasteiger partial charge in [0.25, 0.3) is 11.8 Å². The predicted molar refractivity (Wildman–Crippen MR) is 158 cm³/mol. The van der Waals surface area contributed by atoms with Crippen LogP contribution in [0.1, 0.15) is 32.4 Å². The highest BCUT2D eigenvalue weighted by Gasteiger charge is 2.54. The monoisotopic (exact) mass is 613 g/mol. The number of rotatable bonds is 11. The predicted octanol–water partition coefficient (Wildman–Crippen LogP) is 3.31. The molecule has 0 spiro atoms. The first-order chi connectivity index (χ1) is 19.8. The molecule has 0 saturated carbocycles. The number of fused-ring (bicyclic) bond motifs is 1. The number of aliphatic carboxylic acids is 1. The quantitative estimate of drug-likeness (QED) is 0.166. The Labute approximate surface area is 248 Å². The number of thiazole rings is 1. The standard InChI is InChI=1S/C26H27N7O5S3/c1-3-15(4-2)38-31-19(16-12-40-26(27)29-16)22(34)30-20-23(35)32-21(25(36)37)17(13-39-24(20)32)41-18-10-11-28-33(18)14-8-6-5-7-9-14/h5-12,15,20,24H,3-4,13H2,1-2H3,(H2,27,29)(H,30,34)(H,36,37)/b31-19+/t20-,24-/m1/s1. The summed E-state index contributed by atoms with van der Waals surface area (Å²) in [6, 6.07) is 10.3. The van der Waals surface area contributed by atoms with Crippen LogP contribution in [-0.4, -0.2) is 71.5 Å². The minimum Gasteiger partial charge on any atom is -0.477 e. The molecular formula is C26H27N7O5S3. The van der Waals surface area contributed by atoms with Gasteiger partial charge in [0.05, 0.1) is 11.9 Å². The fraction of sp³-hybridized carbons (Fsp3) is 0.308. The van der Waals surface area contributed by atoms with E-state index in [2.05, 4.69) is 20.6 Å². The minimum atomic E-state index is -1.22. The van der Waals surface area contributed by atoms with Crippen molar-refractivity contribution < 1.29 is 24.3 Å². The number of thioether (sulfide) groups is 2. The number of anilines is 1. The van der Waals surface area contributed by atoms with Gasteiger partial charge in [-0.2, -0.15) is 5.10 Å². The maximum Gasteiger partial charge on any atom is 0.353 e. The summed E-state index contributed by atoms with van der Waals surface area (Å²) in [4.78, 5) is 50.4. The van der Waals surface area contributed by atoms with Crippen LogP contribution in [-0.2, 0) is 19.2 Å². The molecule has 5 rings (SSSR count). The van der Waals surface area contributed by atoms with Crippen LogP contribution in [0.3, 0.4) is 0 Å². The Morgan fingerprint density at radius 3 is 2.68 bits per heavy atom. The van der Waals surface area contributed by atoms with Gasteiger partial charge in [0.1, 0.15) is 33.9 Å². The van der Waals surface area contributed by atoms with Crippen molar-refractivity contribution in [3.8, 4) is 5.69 Å². The van der Waals surface area contributed by atoms with Gasteiger partial charge in [0, 0.05) is 16.0 Å². The Morgan fingerprint density at radius 1 is 1.27 bits per heavy atom. The molecule has 15 heteroatoms. The van der Waals surface area contributed by atoms with Crippen molar-refractivity contribution in [2.24, 2.45) is 5.16 Å². The lowest BCUT2D eigenvalue weighted by Gasteiger charge is -2.49.